The maximum atomic E-state index is 13.3. The van der Waals surface area contributed by atoms with E-state index in [1.54, 1.807) is 0 Å². The van der Waals surface area contributed by atoms with Crippen LogP contribution in [0, 0.1) is 11.8 Å². The first-order valence-corrected chi connectivity index (χ1v) is 46.9. The smallest absolute Gasteiger partial charge is 0.332 e. The van der Waals surface area contributed by atoms with E-state index in [9.17, 15) is 182 Å². The maximum Gasteiger partial charge on any atom is 0.332 e. The van der Waals surface area contributed by atoms with Gasteiger partial charge < -0.3 is 283 Å². The number of carbonyl (C=O) groups excluding carboxylic acids is 6. The second-order valence-corrected chi connectivity index (χ2v) is 37.3. The number of hydrogen-bond acceptors (Lipinski definition) is 59. The third-order valence-corrected chi connectivity index (χ3v) is 27.3. The minimum atomic E-state index is -2.69. The molecule has 11 aliphatic rings. The van der Waals surface area contributed by atoms with Crippen LogP contribution in [0.2, 0.25) is 0 Å². The minimum Gasteiger partial charge on any atom is -0.435 e. The Kier molecular flexibility index (Phi) is 44.2. The quantitative estimate of drug-likeness (QED) is 0.0199. The Morgan fingerprint density at radius 2 is 0.651 bits per heavy atom. The molecule has 11 heterocycles. The topological polar surface area (TPSA) is 970 Å². The highest BCUT2D eigenvalue weighted by molar-refractivity contribution is 5.74. The van der Waals surface area contributed by atoms with Gasteiger partial charge in [0.25, 0.3) is 12.9 Å². The van der Waals surface area contributed by atoms with Gasteiger partial charge in [0.2, 0.25) is 29.9 Å². The molecule has 0 aromatic heterocycles. The van der Waals surface area contributed by atoms with Crippen LogP contribution in [0.25, 0.3) is 0 Å². The second kappa shape index (κ2) is 53.3. The summed E-state index contributed by atoms with van der Waals surface area (Å²) in [4.78, 5) is 76.0. The van der Waals surface area contributed by atoms with Crippen LogP contribution in [-0.4, -0.2) is 606 Å². The Morgan fingerprint density at radius 1 is 0.315 bits per heavy atom. The van der Waals surface area contributed by atoms with Crippen molar-refractivity contribution in [3.63, 3.8) is 0 Å². The van der Waals surface area contributed by atoms with Crippen molar-refractivity contribution >= 4 is 36.6 Å². The molecule has 63 nitrogen and oxygen atoms in total. The summed E-state index contributed by atoms with van der Waals surface area (Å²) in [5.74, 6) is -8.72. The molecule has 11 fully saturated rings. The number of ether oxygens (including phenoxy) is 23. The monoisotopic (exact) mass is 2130 g/mol. The summed E-state index contributed by atoms with van der Waals surface area (Å²) >= 11 is 0. The SMILES string of the molecule is CC(=O)NC1C(O)[C@H](O[C@@H]2OC(CO[C@]3(OC=O)C[C@@H](O)[C@@H](C)C([C@H](O)[C@H](O)CO)O3)[C@H](O)[C@H](O)C2O)[C@H](CO)O[C@H]1OC1[C@@H](OCC2O[C@@H](O[C@@H]3C(CO)O[C@@H](O[C@@H]4C(CO)O[C@@H](C)C(NC(C)=O)[C@H]4O)C(NC(C)=O)[C@H]3O)C(O)[C@@H](O[C@H]3O[C@H](CO)[C@@H](O)C(O)C3O[C@@H]3OC(CO)[C@@H](O[C@@H]4OC(CO)[C@H](O)[C@H](OC5[C@H](OC=O)OC([C@H](O)[C@H](O)CO)[C@H](C)[C@@H]5O)C4O)[C@H](O)C3NC(C)=O)[C@@H]2O)OC(CO)[C@@H](O)[C@@H]1O. The lowest BCUT2D eigenvalue weighted by Crippen LogP contribution is -2.71. The van der Waals surface area contributed by atoms with E-state index in [4.69, 9.17) is 109 Å². The summed E-state index contributed by atoms with van der Waals surface area (Å²) in [5.41, 5.74) is 0. The van der Waals surface area contributed by atoms with Gasteiger partial charge in [-0.2, -0.15) is 0 Å². The second-order valence-electron chi connectivity index (χ2n) is 37.3. The van der Waals surface area contributed by atoms with Crippen molar-refractivity contribution in [1.82, 2.24) is 21.3 Å². The van der Waals surface area contributed by atoms with Gasteiger partial charge in [-0.15, -0.1) is 0 Å². The lowest BCUT2D eigenvalue weighted by atomic mass is 9.86. The van der Waals surface area contributed by atoms with Crippen molar-refractivity contribution < 1.29 is 291 Å². The van der Waals surface area contributed by atoms with Crippen LogP contribution in [0.3, 0.4) is 0 Å². The largest absolute Gasteiger partial charge is 0.435 e. The van der Waals surface area contributed by atoms with Crippen molar-refractivity contribution in [3.8, 4) is 0 Å². The number of amides is 4. The van der Waals surface area contributed by atoms with Crippen molar-refractivity contribution in [2.75, 3.05) is 72.7 Å². The van der Waals surface area contributed by atoms with Crippen molar-refractivity contribution in [3.05, 3.63) is 0 Å². The summed E-state index contributed by atoms with van der Waals surface area (Å²) in [5, 5.41) is 349. The molecular formula is C83H138N4O59. The third-order valence-electron chi connectivity index (χ3n) is 27.3. The Hall–Kier alpha value is -5.22. The Labute approximate surface area is 828 Å². The van der Waals surface area contributed by atoms with Crippen LogP contribution < -0.4 is 21.3 Å². The van der Waals surface area contributed by atoms with Gasteiger partial charge in [-0.25, -0.2) is 0 Å². The van der Waals surface area contributed by atoms with Crippen LogP contribution >= 0.6 is 0 Å². The number of aliphatic hydroxyl groups excluding tert-OH is 30. The van der Waals surface area contributed by atoms with Gasteiger partial charge in [-0.3, -0.25) is 28.8 Å². The molecule has 844 valence electrons. The van der Waals surface area contributed by atoms with E-state index in [2.05, 4.69) is 21.3 Å². The molecule has 146 heavy (non-hydrogen) atoms. The molecule has 21 unspecified atom stereocenters. The summed E-state index contributed by atoms with van der Waals surface area (Å²) in [6, 6.07) is -7.38. The zero-order valence-electron chi connectivity index (χ0n) is 79.3. The van der Waals surface area contributed by atoms with Crippen LogP contribution in [0.5, 0.6) is 0 Å². The summed E-state index contributed by atoms with van der Waals surface area (Å²) < 4.78 is 137. The Morgan fingerprint density at radius 3 is 1.08 bits per heavy atom. The first kappa shape index (κ1) is 121. The number of nitrogens with one attached hydrogen (secondary N) is 4. The first-order chi connectivity index (χ1) is 69.1. The fourth-order valence-electron chi connectivity index (χ4n) is 19.3. The molecule has 0 spiro atoms. The van der Waals surface area contributed by atoms with Gasteiger partial charge in [-0.05, 0) is 6.92 Å². The van der Waals surface area contributed by atoms with Crippen molar-refractivity contribution in [2.24, 2.45) is 11.8 Å². The molecule has 4 amide bonds. The predicted molar refractivity (Wildman–Crippen MR) is 452 cm³/mol. The zero-order valence-corrected chi connectivity index (χ0v) is 79.3. The van der Waals surface area contributed by atoms with E-state index >= 15 is 0 Å². The van der Waals surface area contributed by atoms with E-state index in [0.29, 0.717) is 0 Å². The summed E-state index contributed by atoms with van der Waals surface area (Å²) in [7, 11) is 0. The zero-order chi connectivity index (χ0) is 108. The third kappa shape index (κ3) is 26.9. The number of carbonyl (C=O) groups is 6. The molecule has 34 N–H and O–H groups in total. The first-order valence-electron chi connectivity index (χ1n) is 46.9. The van der Waals surface area contributed by atoms with Crippen molar-refractivity contribution in [2.45, 2.75) is 398 Å². The highest BCUT2D eigenvalue weighted by Gasteiger charge is 2.64. The fraction of sp³-hybridized carbons (Fsp3) is 0.928. The van der Waals surface area contributed by atoms with Crippen LogP contribution in [0.15, 0.2) is 0 Å². The van der Waals surface area contributed by atoms with Gasteiger partial charge in [-0.1, -0.05) is 13.8 Å². The maximum absolute atomic E-state index is 13.3. The fourth-order valence-corrected chi connectivity index (χ4v) is 19.3. The van der Waals surface area contributed by atoms with Gasteiger partial charge in [0, 0.05) is 39.5 Å². The average molecular weight is 2140 g/mol. The van der Waals surface area contributed by atoms with E-state index in [1.165, 1.54) is 20.8 Å². The lowest BCUT2D eigenvalue weighted by molar-refractivity contribution is -0.424. The molecule has 0 aliphatic carbocycles. The van der Waals surface area contributed by atoms with Crippen LogP contribution in [-0.2, 0) is 138 Å². The number of hydrogen-bond donors (Lipinski definition) is 34. The normalized spacial score (nSPS) is 47.5. The molecule has 0 aromatic rings. The molecule has 0 aromatic carbocycles. The summed E-state index contributed by atoms with van der Waals surface area (Å²) in [6.07, 6.45) is -108. The van der Waals surface area contributed by atoms with Gasteiger partial charge >= 0.3 is 5.97 Å². The molecule has 11 aliphatic heterocycles. The molecule has 0 radical (unpaired) electrons. The van der Waals surface area contributed by atoms with E-state index in [0.717, 1.165) is 27.7 Å². The summed E-state index contributed by atoms with van der Waals surface area (Å²) in [6.45, 7) is -5.13. The number of aliphatic hydroxyl groups is 30. The van der Waals surface area contributed by atoms with Gasteiger partial charge in [0.15, 0.2) is 50.3 Å². The highest BCUT2D eigenvalue weighted by Crippen LogP contribution is 2.44. The van der Waals surface area contributed by atoms with E-state index < -0.39 is 458 Å². The minimum absolute atomic E-state index is 0.181. The Balaban J connectivity index is 0.892. The highest BCUT2D eigenvalue weighted by atomic mass is 16.9. The molecule has 63 heteroatoms. The predicted octanol–water partition coefficient (Wildman–Crippen LogP) is -22.6. The van der Waals surface area contributed by atoms with Gasteiger partial charge in [0.1, 0.15) is 244 Å². The average Bonchev–Trinajstić information content (AvgIpc) is 0.755. The molecule has 58 atom stereocenters. The molecule has 11 saturated heterocycles. The van der Waals surface area contributed by atoms with Crippen molar-refractivity contribution in [1.29, 1.82) is 0 Å². The molecule has 0 bridgehead atoms. The van der Waals surface area contributed by atoms with E-state index in [-0.39, 0.29) is 12.9 Å². The standard InChI is InChI=1S/C83H138N4O59/c1-22-29(103)8-83(127-21-98,146-64(22)47(108)31(105)10-89)126-19-40-50(111)57(118)60(121)77(136-40)140-66-36(15-94)133-75(43(55(66)116)86-27(6)101)144-72-58(119)48(109)32(11-90)130-80(72)124-18-39-52(113)70(62(123)79(135-39)142-68-37(16-95)132-74(42(54(68)115)85-26(5)100)139-65-35(14-93)128-24(3)41(53(65)114)84-25(4)99)143-82-73(59(120)49(110)33(12-91)131-82)145-76-44(87-28(7)102)56(117)67(38(17-96)134-76)141-78-61(122)69(51(112)34(13-92)129-78)137-71-45(106)23(2)63(46(107)30(104)9-88)138-81(71)125-20-97/h20-24,29-82,88-96,103-123H,8-19H2,1-7H3,(H,84,99)(H,85,100)(H,86,101)(H,87,102)/t22-,23-,24+,29-,30-,31-,32?,33-,34?,35?,36+,37?,38?,39?,40?,41?,42?,43?,44?,45+,46-,47-,48-,49-,50+,51+,52-,53-,54-,55?,56-,57+,58+,59?,60?,61?,62?,63?,64?,65-,66-,67-,68-,69+,70+,71?,72?,73?,74+,75+,76+,77+,78+,79+,80+,81-,82-,83+/m1/s1. The molecule has 11 rings (SSSR count). The van der Waals surface area contributed by atoms with E-state index in [1.807, 2.05) is 0 Å². The Bertz CT molecular complexity index is 4050. The molecule has 0 saturated carbocycles. The van der Waals surface area contributed by atoms with Crippen LogP contribution in [0.1, 0.15) is 54.9 Å². The number of rotatable bonds is 43. The lowest BCUT2D eigenvalue weighted by Gasteiger charge is -2.51. The molecular weight excluding hydrogens is 2000 g/mol. The van der Waals surface area contributed by atoms with Crippen LogP contribution in [0.4, 0.5) is 0 Å². The van der Waals surface area contributed by atoms with Gasteiger partial charge in [0.05, 0.1) is 116 Å².